The second-order valence-electron chi connectivity index (χ2n) is 4.90. The summed E-state index contributed by atoms with van der Waals surface area (Å²) >= 11 is 0. The van der Waals surface area contributed by atoms with Gasteiger partial charge in [0, 0.05) is 6.54 Å². The van der Waals surface area contributed by atoms with Crippen LogP contribution < -0.4 is 5.32 Å². The fourth-order valence-electron chi connectivity index (χ4n) is 2.48. The maximum absolute atomic E-state index is 12.6. The Morgan fingerprint density at radius 1 is 1.18 bits per heavy atom. The van der Waals surface area contributed by atoms with Crippen molar-refractivity contribution >= 4 is 5.95 Å². The number of hydrogen-bond donors (Lipinski definition) is 1. The Hall–Kier alpha value is -1.19. The molecule has 1 N–H and O–H groups in total. The van der Waals surface area contributed by atoms with Gasteiger partial charge in [0.25, 0.3) is 0 Å². The third-order valence-corrected chi connectivity index (χ3v) is 3.71. The topological polar surface area (TPSA) is 37.8 Å². The first-order chi connectivity index (χ1) is 8.28. The van der Waals surface area contributed by atoms with Crippen molar-refractivity contribution in [3.63, 3.8) is 0 Å². The van der Waals surface area contributed by atoms with E-state index < -0.39 is 0 Å². The van der Waals surface area contributed by atoms with E-state index in [1.807, 2.05) is 0 Å². The van der Waals surface area contributed by atoms with E-state index in [0.717, 1.165) is 12.5 Å². The lowest BCUT2D eigenvalue weighted by molar-refractivity contribution is 0.278. The molecule has 0 bridgehead atoms. The Labute approximate surface area is 102 Å². The highest BCUT2D eigenvalue weighted by Gasteiger charge is 2.19. The first kappa shape index (κ1) is 12.3. The van der Waals surface area contributed by atoms with E-state index in [-0.39, 0.29) is 5.82 Å². The van der Waals surface area contributed by atoms with Gasteiger partial charge in [-0.05, 0) is 24.7 Å². The number of aromatic nitrogens is 2. The van der Waals surface area contributed by atoms with Gasteiger partial charge in [0.05, 0.1) is 12.4 Å². The van der Waals surface area contributed by atoms with Crippen LogP contribution in [-0.4, -0.2) is 16.5 Å². The molecule has 1 aliphatic carbocycles. The summed E-state index contributed by atoms with van der Waals surface area (Å²) in [6, 6.07) is 0. The van der Waals surface area contributed by atoms with Crippen molar-refractivity contribution in [1.82, 2.24) is 9.97 Å². The van der Waals surface area contributed by atoms with Crippen molar-refractivity contribution in [2.45, 2.75) is 39.0 Å². The summed E-state index contributed by atoms with van der Waals surface area (Å²) in [6.45, 7) is 3.18. The molecule has 0 unspecified atom stereocenters. The van der Waals surface area contributed by atoms with E-state index in [9.17, 15) is 4.39 Å². The quantitative estimate of drug-likeness (QED) is 0.873. The van der Waals surface area contributed by atoms with Crippen LogP contribution in [0.1, 0.15) is 39.0 Å². The monoisotopic (exact) mass is 237 g/mol. The Balaban J connectivity index is 1.74. The molecule has 0 aliphatic heterocycles. The Bertz CT molecular complexity index is 331. The molecule has 0 saturated heterocycles. The van der Waals surface area contributed by atoms with Gasteiger partial charge in [-0.25, -0.2) is 14.4 Å². The molecule has 0 atom stereocenters. The standard InChI is InChI=1S/C13H20FN3/c1-2-10-3-5-11(6-4-10)7-15-13-16-8-12(14)9-17-13/h8-11H,2-7H2,1H3,(H,15,16,17). The minimum atomic E-state index is -0.390. The summed E-state index contributed by atoms with van der Waals surface area (Å²) in [5, 5.41) is 3.19. The van der Waals surface area contributed by atoms with Crippen LogP contribution in [0.5, 0.6) is 0 Å². The van der Waals surface area contributed by atoms with Gasteiger partial charge in [-0.2, -0.15) is 0 Å². The second-order valence-corrected chi connectivity index (χ2v) is 4.90. The molecule has 1 saturated carbocycles. The Morgan fingerprint density at radius 2 is 1.76 bits per heavy atom. The van der Waals surface area contributed by atoms with E-state index in [2.05, 4.69) is 22.2 Å². The molecule has 1 aromatic rings. The molecule has 0 spiro atoms. The van der Waals surface area contributed by atoms with Crippen LogP contribution in [-0.2, 0) is 0 Å². The summed E-state index contributed by atoms with van der Waals surface area (Å²) in [6.07, 6.45) is 8.95. The van der Waals surface area contributed by atoms with Crippen LogP contribution in [0.2, 0.25) is 0 Å². The molecule has 17 heavy (non-hydrogen) atoms. The van der Waals surface area contributed by atoms with Crippen molar-refractivity contribution in [2.24, 2.45) is 11.8 Å². The summed E-state index contributed by atoms with van der Waals surface area (Å²) in [5.41, 5.74) is 0. The zero-order valence-electron chi connectivity index (χ0n) is 10.3. The van der Waals surface area contributed by atoms with Gasteiger partial charge < -0.3 is 5.32 Å². The predicted molar refractivity (Wildman–Crippen MR) is 66.2 cm³/mol. The SMILES string of the molecule is CCC1CCC(CNc2ncc(F)cn2)CC1. The smallest absolute Gasteiger partial charge is 0.222 e. The molecule has 0 aromatic carbocycles. The third-order valence-electron chi connectivity index (χ3n) is 3.71. The van der Waals surface area contributed by atoms with Gasteiger partial charge in [-0.3, -0.25) is 0 Å². The Kier molecular flexibility index (Phi) is 4.29. The van der Waals surface area contributed by atoms with Crippen molar-refractivity contribution in [3.8, 4) is 0 Å². The molecule has 1 heterocycles. The van der Waals surface area contributed by atoms with Gasteiger partial charge in [-0.1, -0.05) is 26.2 Å². The van der Waals surface area contributed by atoms with Gasteiger partial charge >= 0.3 is 0 Å². The first-order valence-corrected chi connectivity index (χ1v) is 6.49. The van der Waals surface area contributed by atoms with E-state index in [0.29, 0.717) is 11.9 Å². The molecule has 4 heteroatoms. The number of nitrogens with zero attached hydrogens (tertiary/aromatic N) is 2. The first-order valence-electron chi connectivity index (χ1n) is 6.49. The molecule has 0 amide bonds. The molecule has 3 nitrogen and oxygen atoms in total. The molecule has 1 aromatic heterocycles. The molecule has 1 fully saturated rings. The van der Waals surface area contributed by atoms with E-state index in [1.165, 1.54) is 44.5 Å². The lowest BCUT2D eigenvalue weighted by Crippen LogP contribution is -2.21. The summed E-state index contributed by atoms with van der Waals surface area (Å²) in [5.74, 6) is 1.78. The van der Waals surface area contributed by atoms with E-state index >= 15 is 0 Å². The van der Waals surface area contributed by atoms with Crippen LogP contribution in [0.25, 0.3) is 0 Å². The normalized spacial score (nSPS) is 24.6. The summed E-state index contributed by atoms with van der Waals surface area (Å²) in [4.78, 5) is 7.79. The molecule has 94 valence electrons. The maximum Gasteiger partial charge on any atom is 0.222 e. The summed E-state index contributed by atoms with van der Waals surface area (Å²) in [7, 11) is 0. The van der Waals surface area contributed by atoms with Crippen LogP contribution in [0.4, 0.5) is 10.3 Å². The number of rotatable bonds is 4. The minimum absolute atomic E-state index is 0.390. The maximum atomic E-state index is 12.6. The van der Waals surface area contributed by atoms with Crippen molar-refractivity contribution in [2.75, 3.05) is 11.9 Å². The van der Waals surface area contributed by atoms with Crippen LogP contribution in [0, 0.1) is 17.7 Å². The lowest BCUT2D eigenvalue weighted by atomic mass is 9.81. The molecule has 0 radical (unpaired) electrons. The van der Waals surface area contributed by atoms with Gasteiger partial charge in [-0.15, -0.1) is 0 Å². The molecular formula is C13H20FN3. The van der Waals surface area contributed by atoms with E-state index in [4.69, 9.17) is 0 Å². The highest BCUT2D eigenvalue weighted by Crippen LogP contribution is 2.30. The lowest BCUT2D eigenvalue weighted by Gasteiger charge is -2.27. The van der Waals surface area contributed by atoms with Crippen molar-refractivity contribution in [3.05, 3.63) is 18.2 Å². The number of anilines is 1. The molecular weight excluding hydrogens is 217 g/mol. The van der Waals surface area contributed by atoms with Crippen molar-refractivity contribution < 1.29 is 4.39 Å². The van der Waals surface area contributed by atoms with Crippen LogP contribution in [0.15, 0.2) is 12.4 Å². The largest absolute Gasteiger partial charge is 0.354 e. The fraction of sp³-hybridized carbons (Fsp3) is 0.692. The van der Waals surface area contributed by atoms with Crippen LogP contribution >= 0.6 is 0 Å². The number of nitrogens with one attached hydrogen (secondary N) is 1. The molecule has 1 aliphatic rings. The van der Waals surface area contributed by atoms with Crippen molar-refractivity contribution in [1.29, 1.82) is 0 Å². The number of hydrogen-bond acceptors (Lipinski definition) is 3. The third kappa shape index (κ3) is 3.65. The molecule has 2 rings (SSSR count). The number of halogens is 1. The average Bonchev–Trinajstić information content (AvgIpc) is 2.39. The predicted octanol–water partition coefficient (Wildman–Crippen LogP) is 3.24. The fourth-order valence-corrected chi connectivity index (χ4v) is 2.48. The zero-order chi connectivity index (χ0) is 12.1. The highest BCUT2D eigenvalue weighted by atomic mass is 19.1. The second kappa shape index (κ2) is 5.94. The minimum Gasteiger partial charge on any atom is -0.354 e. The highest BCUT2D eigenvalue weighted by molar-refractivity contribution is 5.22. The average molecular weight is 237 g/mol. The Morgan fingerprint density at radius 3 is 2.35 bits per heavy atom. The van der Waals surface area contributed by atoms with Gasteiger partial charge in [0.2, 0.25) is 5.95 Å². The van der Waals surface area contributed by atoms with Gasteiger partial charge in [0.1, 0.15) is 0 Å². The van der Waals surface area contributed by atoms with E-state index in [1.54, 1.807) is 0 Å². The zero-order valence-corrected chi connectivity index (χ0v) is 10.3. The van der Waals surface area contributed by atoms with Crippen LogP contribution in [0.3, 0.4) is 0 Å². The summed E-state index contributed by atoms with van der Waals surface area (Å²) < 4.78 is 12.6. The van der Waals surface area contributed by atoms with Gasteiger partial charge in [0.15, 0.2) is 5.82 Å².